The number of hydrogen-bond acceptors (Lipinski definition) is 2. The molecular weight excluding hydrogens is 174 g/mol. The second kappa shape index (κ2) is 5.86. The SMILES string of the molecule is COc1cccc(CCN)c1.[Cl-].[H+]. The minimum Gasteiger partial charge on any atom is -1.00 e. The van der Waals surface area contributed by atoms with Crippen molar-refractivity contribution in [3.63, 3.8) is 0 Å². The fourth-order valence-electron chi connectivity index (χ4n) is 0.995. The monoisotopic (exact) mass is 187 g/mol. The van der Waals surface area contributed by atoms with E-state index in [9.17, 15) is 0 Å². The van der Waals surface area contributed by atoms with Crippen molar-refractivity contribution in [2.24, 2.45) is 5.73 Å². The lowest BCUT2D eigenvalue weighted by Crippen LogP contribution is -3.00. The molecule has 0 aliphatic rings. The summed E-state index contributed by atoms with van der Waals surface area (Å²) in [7, 11) is 1.67. The van der Waals surface area contributed by atoms with Crippen molar-refractivity contribution in [3.05, 3.63) is 29.8 Å². The van der Waals surface area contributed by atoms with E-state index >= 15 is 0 Å². The Balaban J connectivity index is 0. The van der Waals surface area contributed by atoms with Gasteiger partial charge in [0, 0.05) is 0 Å². The number of ether oxygens (including phenoxy) is 1. The first-order valence-corrected chi connectivity index (χ1v) is 3.70. The molecule has 0 heterocycles. The van der Waals surface area contributed by atoms with Crippen LogP contribution in [-0.2, 0) is 6.42 Å². The Kier molecular flexibility index (Phi) is 5.51. The summed E-state index contributed by atoms with van der Waals surface area (Å²) in [6, 6.07) is 7.96. The highest BCUT2D eigenvalue weighted by Crippen LogP contribution is 2.12. The van der Waals surface area contributed by atoms with Gasteiger partial charge in [0.25, 0.3) is 0 Å². The number of benzene rings is 1. The molecule has 1 aromatic rings. The molecule has 0 saturated heterocycles. The summed E-state index contributed by atoms with van der Waals surface area (Å²) >= 11 is 0. The van der Waals surface area contributed by atoms with E-state index in [-0.39, 0.29) is 13.8 Å². The maximum absolute atomic E-state index is 5.41. The lowest BCUT2D eigenvalue weighted by Gasteiger charge is -2.01. The van der Waals surface area contributed by atoms with Gasteiger partial charge in [-0.3, -0.25) is 0 Å². The van der Waals surface area contributed by atoms with Gasteiger partial charge in [0.2, 0.25) is 0 Å². The van der Waals surface area contributed by atoms with Crippen LogP contribution in [0.5, 0.6) is 5.75 Å². The Bertz CT molecular complexity index is 233. The van der Waals surface area contributed by atoms with Gasteiger partial charge in [-0.25, -0.2) is 0 Å². The number of methoxy groups -OCH3 is 1. The van der Waals surface area contributed by atoms with Crippen molar-refractivity contribution in [2.75, 3.05) is 13.7 Å². The van der Waals surface area contributed by atoms with E-state index in [4.69, 9.17) is 10.5 Å². The first-order chi connectivity index (χ1) is 5.36. The van der Waals surface area contributed by atoms with Crippen LogP contribution in [0.2, 0.25) is 0 Å². The zero-order valence-corrected chi connectivity index (χ0v) is 7.84. The predicted molar refractivity (Wildman–Crippen MR) is 46.9 cm³/mol. The molecule has 0 aliphatic carbocycles. The molecule has 0 aromatic heterocycles. The smallest absolute Gasteiger partial charge is 1.00 e. The van der Waals surface area contributed by atoms with Gasteiger partial charge in [0.05, 0.1) is 7.11 Å². The second-order valence-corrected chi connectivity index (χ2v) is 2.39. The van der Waals surface area contributed by atoms with Crippen molar-refractivity contribution < 1.29 is 18.6 Å². The van der Waals surface area contributed by atoms with Crippen LogP contribution in [0.25, 0.3) is 0 Å². The molecule has 1 rings (SSSR count). The van der Waals surface area contributed by atoms with Crippen molar-refractivity contribution >= 4 is 0 Å². The Morgan fingerprint density at radius 3 is 2.83 bits per heavy atom. The van der Waals surface area contributed by atoms with E-state index in [1.807, 2.05) is 18.2 Å². The average molecular weight is 188 g/mol. The highest BCUT2D eigenvalue weighted by Gasteiger charge is 1.92. The molecule has 0 aliphatic heterocycles. The minimum atomic E-state index is 0. The first-order valence-electron chi connectivity index (χ1n) is 3.70. The van der Waals surface area contributed by atoms with Gasteiger partial charge >= 0.3 is 1.43 Å². The molecule has 1 aromatic carbocycles. The van der Waals surface area contributed by atoms with Crippen LogP contribution >= 0.6 is 0 Å². The number of nitrogens with two attached hydrogens (primary N) is 1. The van der Waals surface area contributed by atoms with Crippen molar-refractivity contribution in [1.29, 1.82) is 0 Å². The highest BCUT2D eigenvalue weighted by molar-refractivity contribution is 5.28. The molecule has 2 nitrogen and oxygen atoms in total. The molecule has 0 radical (unpaired) electrons. The third-order valence-electron chi connectivity index (χ3n) is 1.57. The molecule has 0 fully saturated rings. The van der Waals surface area contributed by atoms with E-state index < -0.39 is 0 Å². The molecule has 0 amide bonds. The molecule has 0 atom stereocenters. The zero-order valence-electron chi connectivity index (χ0n) is 8.09. The molecule has 0 bridgehead atoms. The standard InChI is InChI=1S/C9H13NO.ClH/c1-11-9-4-2-3-8(7-9)5-6-10;/h2-4,7H,5-6,10H2,1H3;1H. The Hall–Kier alpha value is -0.730. The largest absolute Gasteiger partial charge is 1.00 e. The van der Waals surface area contributed by atoms with E-state index in [0.29, 0.717) is 6.54 Å². The van der Waals surface area contributed by atoms with Gasteiger partial charge in [0.15, 0.2) is 0 Å². The van der Waals surface area contributed by atoms with Gasteiger partial charge < -0.3 is 22.9 Å². The van der Waals surface area contributed by atoms with Crippen LogP contribution < -0.4 is 22.9 Å². The maximum Gasteiger partial charge on any atom is 1.00 e. The van der Waals surface area contributed by atoms with Crippen molar-refractivity contribution in [3.8, 4) is 5.75 Å². The molecule has 68 valence electrons. The van der Waals surface area contributed by atoms with Crippen molar-refractivity contribution in [1.82, 2.24) is 0 Å². The topological polar surface area (TPSA) is 35.2 Å². The van der Waals surface area contributed by atoms with E-state index in [0.717, 1.165) is 12.2 Å². The fourth-order valence-corrected chi connectivity index (χ4v) is 0.995. The Morgan fingerprint density at radius 2 is 2.25 bits per heavy atom. The van der Waals surface area contributed by atoms with Crippen LogP contribution in [0.1, 0.15) is 6.99 Å². The summed E-state index contributed by atoms with van der Waals surface area (Å²) < 4.78 is 5.06. The van der Waals surface area contributed by atoms with Crippen LogP contribution in [-0.4, -0.2) is 13.7 Å². The molecule has 0 unspecified atom stereocenters. The summed E-state index contributed by atoms with van der Waals surface area (Å²) in [5.74, 6) is 0.899. The van der Waals surface area contributed by atoms with Crippen LogP contribution in [0, 0.1) is 0 Å². The fraction of sp³-hybridized carbons (Fsp3) is 0.333. The summed E-state index contributed by atoms with van der Waals surface area (Å²) in [5.41, 5.74) is 6.64. The third kappa shape index (κ3) is 3.11. The molecular formula is C9H14ClNO. The van der Waals surface area contributed by atoms with Crippen LogP contribution in [0.4, 0.5) is 0 Å². The molecule has 0 saturated carbocycles. The number of rotatable bonds is 3. The first kappa shape index (κ1) is 11.3. The normalized spacial score (nSPS) is 8.83. The van der Waals surface area contributed by atoms with Gasteiger partial charge in [-0.1, -0.05) is 12.1 Å². The Labute approximate surface area is 80.6 Å². The lowest BCUT2D eigenvalue weighted by molar-refractivity contribution is -0.00000273. The van der Waals surface area contributed by atoms with E-state index in [1.165, 1.54) is 5.56 Å². The Morgan fingerprint density at radius 1 is 1.50 bits per heavy atom. The summed E-state index contributed by atoms with van der Waals surface area (Å²) in [4.78, 5) is 0. The average Bonchev–Trinajstić information content (AvgIpc) is 2.06. The summed E-state index contributed by atoms with van der Waals surface area (Å²) in [6.45, 7) is 0.688. The van der Waals surface area contributed by atoms with Crippen LogP contribution in [0.3, 0.4) is 0 Å². The van der Waals surface area contributed by atoms with Gasteiger partial charge in [0.1, 0.15) is 5.75 Å². The molecule has 3 heteroatoms. The van der Waals surface area contributed by atoms with Gasteiger partial charge in [-0.05, 0) is 30.7 Å². The van der Waals surface area contributed by atoms with Crippen LogP contribution in [0.15, 0.2) is 24.3 Å². The molecule has 12 heavy (non-hydrogen) atoms. The predicted octanol–water partition coefficient (Wildman–Crippen LogP) is -1.69. The molecule has 0 spiro atoms. The summed E-state index contributed by atoms with van der Waals surface area (Å²) in [6.07, 6.45) is 0.914. The second-order valence-electron chi connectivity index (χ2n) is 2.39. The highest BCUT2D eigenvalue weighted by atomic mass is 35.5. The third-order valence-corrected chi connectivity index (χ3v) is 1.57. The minimum absolute atomic E-state index is 0. The van der Waals surface area contributed by atoms with E-state index in [2.05, 4.69) is 6.07 Å². The van der Waals surface area contributed by atoms with Gasteiger partial charge in [-0.2, -0.15) is 0 Å². The zero-order chi connectivity index (χ0) is 8.10. The molecule has 2 N–H and O–H groups in total. The van der Waals surface area contributed by atoms with E-state index in [1.54, 1.807) is 7.11 Å². The van der Waals surface area contributed by atoms with Gasteiger partial charge in [-0.15, -0.1) is 0 Å². The maximum atomic E-state index is 5.41. The quantitative estimate of drug-likeness (QED) is 0.613. The summed E-state index contributed by atoms with van der Waals surface area (Å²) in [5, 5.41) is 0. The van der Waals surface area contributed by atoms with Crippen molar-refractivity contribution in [2.45, 2.75) is 6.42 Å². The number of hydrogen-bond donors (Lipinski definition) is 1. The number of halogens is 1. The lowest BCUT2D eigenvalue weighted by atomic mass is 10.1.